The van der Waals surface area contributed by atoms with Crippen LogP contribution in [0, 0.1) is 0 Å². The van der Waals surface area contributed by atoms with Gasteiger partial charge in [0.1, 0.15) is 11.8 Å². The van der Waals surface area contributed by atoms with Crippen LogP contribution in [-0.2, 0) is 11.2 Å². The quantitative estimate of drug-likeness (QED) is 0.437. The van der Waals surface area contributed by atoms with Crippen molar-refractivity contribution in [2.24, 2.45) is 0 Å². The normalized spacial score (nSPS) is 11.6. The largest absolute Gasteiger partial charge is 0.508 e. The molecule has 2 amide bonds. The fraction of sp³-hybridized carbons (Fsp3) is 0.0769. The van der Waals surface area contributed by atoms with Gasteiger partial charge in [0.05, 0.1) is 0 Å². The lowest BCUT2D eigenvalue weighted by atomic mass is 10.0. The summed E-state index contributed by atoms with van der Waals surface area (Å²) in [4.78, 5) is 25.8. The third-order valence-electron chi connectivity index (χ3n) is 5.05. The molecule has 5 heteroatoms. The number of amides is 2. The van der Waals surface area contributed by atoms with Gasteiger partial charge in [0, 0.05) is 17.7 Å². The molecule has 1 unspecified atom stereocenters. The number of hydrogen-bond donors (Lipinski definition) is 3. The summed E-state index contributed by atoms with van der Waals surface area (Å²) in [5.74, 6) is -0.486. The predicted octanol–water partition coefficient (Wildman–Crippen LogP) is 4.53. The minimum atomic E-state index is -0.788. The van der Waals surface area contributed by atoms with Crippen molar-refractivity contribution in [1.29, 1.82) is 0 Å². The molecule has 0 fully saturated rings. The molecule has 5 nitrogen and oxygen atoms in total. The Morgan fingerprint density at radius 3 is 2.19 bits per heavy atom. The highest BCUT2D eigenvalue weighted by molar-refractivity contribution is 6.02. The van der Waals surface area contributed by atoms with Crippen molar-refractivity contribution in [2.75, 3.05) is 5.32 Å². The van der Waals surface area contributed by atoms with Crippen LogP contribution >= 0.6 is 0 Å². The molecule has 0 aliphatic heterocycles. The average molecular weight is 410 g/mol. The highest BCUT2D eigenvalue weighted by Crippen LogP contribution is 2.19. The van der Waals surface area contributed by atoms with Crippen LogP contribution in [0.1, 0.15) is 15.9 Å². The Labute approximate surface area is 180 Å². The molecule has 0 aliphatic rings. The second-order valence-corrected chi connectivity index (χ2v) is 7.31. The Morgan fingerprint density at radius 2 is 1.45 bits per heavy atom. The van der Waals surface area contributed by atoms with Gasteiger partial charge in [0.15, 0.2) is 0 Å². The summed E-state index contributed by atoms with van der Waals surface area (Å²) in [5, 5.41) is 17.4. The van der Waals surface area contributed by atoms with Gasteiger partial charge in [0.25, 0.3) is 5.91 Å². The first kappa shape index (κ1) is 20.2. The number of hydrogen-bond acceptors (Lipinski definition) is 3. The minimum absolute atomic E-state index is 0.147. The number of carbonyl (C=O) groups is 2. The lowest BCUT2D eigenvalue weighted by Gasteiger charge is -2.19. The van der Waals surface area contributed by atoms with E-state index in [2.05, 4.69) is 10.6 Å². The summed E-state index contributed by atoms with van der Waals surface area (Å²) < 4.78 is 0. The summed E-state index contributed by atoms with van der Waals surface area (Å²) in [6, 6.07) is 28.2. The zero-order chi connectivity index (χ0) is 21.6. The van der Waals surface area contributed by atoms with Crippen molar-refractivity contribution >= 4 is 28.3 Å². The van der Waals surface area contributed by atoms with Crippen molar-refractivity contribution in [3.63, 3.8) is 0 Å². The number of nitrogens with one attached hydrogen (secondary N) is 2. The van der Waals surface area contributed by atoms with E-state index in [1.807, 2.05) is 48.5 Å². The number of fused-ring (bicyclic) bond motifs is 1. The number of carbonyl (C=O) groups excluding carboxylic acids is 2. The van der Waals surface area contributed by atoms with Crippen LogP contribution < -0.4 is 10.6 Å². The molecule has 4 aromatic carbocycles. The highest BCUT2D eigenvalue weighted by Gasteiger charge is 2.22. The zero-order valence-corrected chi connectivity index (χ0v) is 16.8. The summed E-state index contributed by atoms with van der Waals surface area (Å²) in [7, 11) is 0. The molecule has 1 atom stereocenters. The lowest BCUT2D eigenvalue weighted by Crippen LogP contribution is -2.45. The third kappa shape index (κ3) is 5.08. The topological polar surface area (TPSA) is 78.4 Å². The number of aromatic hydroxyl groups is 1. The maximum absolute atomic E-state index is 13.1. The predicted molar refractivity (Wildman–Crippen MR) is 122 cm³/mol. The fourth-order valence-corrected chi connectivity index (χ4v) is 3.40. The maximum atomic E-state index is 13.1. The first-order chi connectivity index (χ1) is 15.1. The van der Waals surface area contributed by atoms with E-state index in [9.17, 15) is 14.7 Å². The van der Waals surface area contributed by atoms with Crippen molar-refractivity contribution in [3.8, 4) is 5.75 Å². The molecule has 31 heavy (non-hydrogen) atoms. The average Bonchev–Trinajstić information content (AvgIpc) is 2.80. The molecule has 0 aliphatic carbocycles. The second-order valence-electron chi connectivity index (χ2n) is 7.31. The van der Waals surface area contributed by atoms with E-state index < -0.39 is 6.04 Å². The number of benzene rings is 4. The second kappa shape index (κ2) is 9.13. The molecular formula is C26H22N2O3. The minimum Gasteiger partial charge on any atom is -0.508 e. The molecule has 0 heterocycles. The van der Waals surface area contributed by atoms with Gasteiger partial charge in [0.2, 0.25) is 5.91 Å². The highest BCUT2D eigenvalue weighted by atomic mass is 16.3. The summed E-state index contributed by atoms with van der Waals surface area (Å²) >= 11 is 0. The van der Waals surface area contributed by atoms with Crippen molar-refractivity contribution in [1.82, 2.24) is 5.32 Å². The van der Waals surface area contributed by atoms with Crippen LogP contribution in [0.15, 0.2) is 97.1 Å². The molecular weight excluding hydrogens is 388 g/mol. The molecule has 4 aromatic rings. The number of phenols is 1. The first-order valence-electron chi connectivity index (χ1n) is 10.0. The molecule has 0 radical (unpaired) electrons. The fourth-order valence-electron chi connectivity index (χ4n) is 3.40. The van der Waals surface area contributed by atoms with Gasteiger partial charge in [-0.1, -0.05) is 60.7 Å². The Bertz CT molecular complexity index is 1200. The van der Waals surface area contributed by atoms with Gasteiger partial charge >= 0.3 is 0 Å². The Kier molecular flexibility index (Phi) is 5.94. The third-order valence-corrected chi connectivity index (χ3v) is 5.05. The Morgan fingerprint density at radius 1 is 0.774 bits per heavy atom. The van der Waals surface area contributed by atoms with Crippen molar-refractivity contribution in [2.45, 2.75) is 12.5 Å². The van der Waals surface area contributed by atoms with E-state index in [4.69, 9.17) is 0 Å². The molecule has 154 valence electrons. The smallest absolute Gasteiger partial charge is 0.251 e. The van der Waals surface area contributed by atoms with Crippen LogP contribution in [0.4, 0.5) is 5.69 Å². The van der Waals surface area contributed by atoms with E-state index >= 15 is 0 Å². The summed E-state index contributed by atoms with van der Waals surface area (Å²) in [6.07, 6.45) is 0.290. The maximum Gasteiger partial charge on any atom is 0.251 e. The van der Waals surface area contributed by atoms with E-state index in [0.717, 1.165) is 16.3 Å². The van der Waals surface area contributed by atoms with Crippen LogP contribution in [0.5, 0.6) is 5.75 Å². The number of phenolic OH excluding ortho intramolecular Hbond substituents is 1. The zero-order valence-electron chi connectivity index (χ0n) is 16.8. The Hall–Kier alpha value is -4.12. The van der Waals surface area contributed by atoms with Gasteiger partial charge in [-0.15, -0.1) is 0 Å². The molecule has 0 bridgehead atoms. The van der Waals surface area contributed by atoms with Gasteiger partial charge < -0.3 is 15.7 Å². The van der Waals surface area contributed by atoms with Crippen LogP contribution in [-0.4, -0.2) is 23.0 Å². The van der Waals surface area contributed by atoms with E-state index in [1.54, 1.807) is 48.5 Å². The van der Waals surface area contributed by atoms with Crippen LogP contribution in [0.2, 0.25) is 0 Å². The monoisotopic (exact) mass is 410 g/mol. The lowest BCUT2D eigenvalue weighted by molar-refractivity contribution is -0.118. The van der Waals surface area contributed by atoms with Gasteiger partial charge in [-0.05, 0) is 52.7 Å². The van der Waals surface area contributed by atoms with E-state index in [1.165, 1.54) is 0 Å². The van der Waals surface area contributed by atoms with Crippen LogP contribution in [0.25, 0.3) is 10.8 Å². The van der Waals surface area contributed by atoms with E-state index in [-0.39, 0.29) is 24.0 Å². The first-order valence-corrected chi connectivity index (χ1v) is 10.0. The molecule has 0 spiro atoms. The molecule has 4 rings (SSSR count). The number of rotatable bonds is 6. The number of anilines is 1. The summed E-state index contributed by atoms with van der Waals surface area (Å²) in [5.41, 5.74) is 1.97. The molecule has 0 aromatic heterocycles. The molecule has 3 N–H and O–H groups in total. The van der Waals surface area contributed by atoms with Gasteiger partial charge in [-0.25, -0.2) is 0 Å². The van der Waals surface area contributed by atoms with Gasteiger partial charge in [-0.2, -0.15) is 0 Å². The Balaban J connectivity index is 1.55. The molecule has 0 saturated carbocycles. The van der Waals surface area contributed by atoms with Crippen LogP contribution in [0.3, 0.4) is 0 Å². The standard InChI is InChI=1S/C26H22N2O3/c29-23-14-10-18(11-15-23)16-24(28-25(30)20-7-2-1-3-8-20)26(31)27-22-13-12-19-6-4-5-9-21(19)17-22/h1-15,17,24,29H,16H2,(H,27,31)(H,28,30). The van der Waals surface area contributed by atoms with E-state index in [0.29, 0.717) is 11.3 Å². The molecule has 0 saturated heterocycles. The SMILES string of the molecule is O=C(NC(Cc1ccc(O)cc1)C(=O)Nc1ccc2ccccc2c1)c1ccccc1. The van der Waals surface area contributed by atoms with Gasteiger partial charge in [-0.3, -0.25) is 9.59 Å². The van der Waals surface area contributed by atoms with Crippen molar-refractivity contribution < 1.29 is 14.7 Å². The van der Waals surface area contributed by atoms with Crippen molar-refractivity contribution in [3.05, 3.63) is 108 Å². The summed E-state index contributed by atoms with van der Waals surface area (Å²) in [6.45, 7) is 0.